The van der Waals surface area contributed by atoms with Crippen molar-refractivity contribution in [3.8, 4) is 11.4 Å². The molecule has 9 nitrogen and oxygen atoms in total. The minimum Gasteiger partial charge on any atom is -0.347 e. The Bertz CT molecular complexity index is 1150. The average molecular weight is 440 g/mol. The summed E-state index contributed by atoms with van der Waals surface area (Å²) in [7, 11) is 0. The maximum atomic E-state index is 12.4. The van der Waals surface area contributed by atoms with Gasteiger partial charge in [0.15, 0.2) is 0 Å². The van der Waals surface area contributed by atoms with Crippen molar-refractivity contribution in [2.45, 2.75) is 25.4 Å². The van der Waals surface area contributed by atoms with E-state index in [1.54, 1.807) is 48.5 Å². The number of anilines is 1. The van der Waals surface area contributed by atoms with Crippen molar-refractivity contribution in [1.29, 1.82) is 0 Å². The molecule has 2 aromatic carbocycles. The summed E-state index contributed by atoms with van der Waals surface area (Å²) in [6.45, 7) is 0.0327. The van der Waals surface area contributed by atoms with Gasteiger partial charge in [0.25, 0.3) is 5.91 Å². The van der Waals surface area contributed by atoms with Gasteiger partial charge in [-0.2, -0.15) is 4.98 Å². The van der Waals surface area contributed by atoms with Gasteiger partial charge in [-0.1, -0.05) is 41.0 Å². The van der Waals surface area contributed by atoms with Crippen molar-refractivity contribution in [1.82, 2.24) is 20.8 Å². The van der Waals surface area contributed by atoms with Crippen LogP contribution in [0.5, 0.6) is 0 Å². The van der Waals surface area contributed by atoms with Gasteiger partial charge in [-0.05, 0) is 30.7 Å². The van der Waals surface area contributed by atoms with E-state index in [0.29, 0.717) is 27.7 Å². The number of carbonyl (C=O) groups is 3. The first-order chi connectivity index (χ1) is 15.0. The van der Waals surface area contributed by atoms with Crippen LogP contribution in [0.1, 0.15) is 29.1 Å². The summed E-state index contributed by atoms with van der Waals surface area (Å²) in [5.74, 6) is -0.502. The molecule has 1 aliphatic heterocycles. The molecule has 0 aliphatic carbocycles. The second-order valence-corrected chi connectivity index (χ2v) is 7.28. The van der Waals surface area contributed by atoms with Gasteiger partial charge in [-0.25, -0.2) is 0 Å². The number of halogens is 1. The number of amides is 3. The molecule has 1 aromatic heterocycles. The Balaban J connectivity index is 1.30. The van der Waals surface area contributed by atoms with Crippen LogP contribution in [0.4, 0.5) is 5.69 Å². The summed E-state index contributed by atoms with van der Waals surface area (Å²) in [6, 6.07) is 13.0. The van der Waals surface area contributed by atoms with E-state index in [0.717, 1.165) is 0 Å². The third-order valence-corrected chi connectivity index (χ3v) is 5.06. The normalized spacial score (nSPS) is 15.5. The minimum absolute atomic E-state index is 0.0280. The molecule has 1 aliphatic rings. The number of para-hydroxylation sites is 1. The lowest BCUT2D eigenvalue weighted by Crippen LogP contribution is -2.42. The van der Waals surface area contributed by atoms with E-state index >= 15 is 0 Å². The predicted octanol–water partition coefficient (Wildman–Crippen LogP) is 2.54. The SMILES string of the molecule is O=C(CC[C@@H]1NC(=O)c2ccccc2NC1=O)NCc1nc(-c2ccccc2Cl)no1. The van der Waals surface area contributed by atoms with Gasteiger partial charge in [-0.3, -0.25) is 14.4 Å². The van der Waals surface area contributed by atoms with Crippen molar-refractivity contribution in [3.63, 3.8) is 0 Å². The molecule has 0 fully saturated rings. The summed E-state index contributed by atoms with van der Waals surface area (Å²) in [6.07, 6.45) is 0.173. The summed E-state index contributed by atoms with van der Waals surface area (Å²) in [5.41, 5.74) is 1.46. The number of benzene rings is 2. The van der Waals surface area contributed by atoms with Gasteiger partial charge in [-0.15, -0.1) is 0 Å². The fourth-order valence-electron chi connectivity index (χ4n) is 3.13. The van der Waals surface area contributed by atoms with Crippen LogP contribution in [0.25, 0.3) is 11.4 Å². The standard InChI is InChI=1S/C21H18ClN5O4/c22-14-7-3-1-5-12(14)19-26-18(31-27-19)11-23-17(28)10-9-16-21(30)24-15-8-4-2-6-13(15)20(29)25-16/h1-8,16H,9-11H2,(H,23,28)(H,24,30)(H,25,29)/t16-/m0/s1. The summed E-state index contributed by atoms with van der Waals surface area (Å²) >= 11 is 6.12. The van der Waals surface area contributed by atoms with Gasteiger partial charge >= 0.3 is 0 Å². The highest BCUT2D eigenvalue weighted by Crippen LogP contribution is 2.24. The van der Waals surface area contributed by atoms with Crippen LogP contribution >= 0.6 is 11.6 Å². The molecule has 3 aromatic rings. The van der Waals surface area contributed by atoms with Gasteiger partial charge in [0, 0.05) is 12.0 Å². The summed E-state index contributed by atoms with van der Waals surface area (Å²) < 4.78 is 5.15. The molecule has 1 atom stereocenters. The number of carbonyl (C=O) groups excluding carboxylic acids is 3. The van der Waals surface area contributed by atoms with Gasteiger partial charge < -0.3 is 20.5 Å². The van der Waals surface area contributed by atoms with Gasteiger partial charge in [0.1, 0.15) is 6.04 Å². The van der Waals surface area contributed by atoms with Crippen LogP contribution < -0.4 is 16.0 Å². The molecule has 0 saturated heterocycles. The fourth-order valence-corrected chi connectivity index (χ4v) is 3.35. The van der Waals surface area contributed by atoms with Gasteiger partial charge in [0.2, 0.25) is 23.5 Å². The molecular weight excluding hydrogens is 422 g/mol. The quantitative estimate of drug-likeness (QED) is 0.541. The summed E-state index contributed by atoms with van der Waals surface area (Å²) in [5, 5.41) is 12.4. The molecule has 10 heteroatoms. The first-order valence-corrected chi connectivity index (χ1v) is 9.94. The Kier molecular flexibility index (Phi) is 5.94. The maximum absolute atomic E-state index is 12.4. The molecule has 2 heterocycles. The zero-order valence-electron chi connectivity index (χ0n) is 16.2. The van der Waals surface area contributed by atoms with Crippen LogP contribution in [0.2, 0.25) is 5.02 Å². The largest absolute Gasteiger partial charge is 0.347 e. The highest BCUT2D eigenvalue weighted by atomic mass is 35.5. The van der Waals surface area contributed by atoms with Crippen molar-refractivity contribution in [2.75, 3.05) is 5.32 Å². The molecule has 0 radical (unpaired) electrons. The first kappa shape index (κ1) is 20.5. The average Bonchev–Trinajstić information content (AvgIpc) is 3.19. The Morgan fingerprint density at radius 3 is 2.65 bits per heavy atom. The Hall–Kier alpha value is -3.72. The molecule has 0 bridgehead atoms. The molecule has 0 unspecified atom stereocenters. The van der Waals surface area contributed by atoms with E-state index in [1.807, 2.05) is 0 Å². The number of hydrogen-bond acceptors (Lipinski definition) is 6. The smallest absolute Gasteiger partial charge is 0.254 e. The Morgan fingerprint density at radius 1 is 1.10 bits per heavy atom. The van der Waals surface area contributed by atoms with Crippen molar-refractivity contribution in [3.05, 3.63) is 65.0 Å². The molecule has 0 spiro atoms. The second-order valence-electron chi connectivity index (χ2n) is 6.87. The zero-order valence-corrected chi connectivity index (χ0v) is 17.0. The number of aromatic nitrogens is 2. The van der Waals surface area contributed by atoms with Crippen molar-refractivity contribution >= 4 is 35.0 Å². The Morgan fingerprint density at radius 2 is 1.84 bits per heavy atom. The van der Waals surface area contributed by atoms with Crippen molar-refractivity contribution < 1.29 is 18.9 Å². The number of nitrogens with zero attached hydrogens (tertiary/aromatic N) is 2. The van der Waals surface area contributed by atoms with Gasteiger partial charge in [0.05, 0.1) is 22.8 Å². The van der Waals surface area contributed by atoms with E-state index in [4.69, 9.17) is 16.1 Å². The molecular formula is C21H18ClN5O4. The zero-order chi connectivity index (χ0) is 21.8. The fraction of sp³-hybridized carbons (Fsp3) is 0.190. The van der Waals surface area contributed by atoms with E-state index in [1.165, 1.54) is 0 Å². The monoisotopic (exact) mass is 439 g/mol. The lowest BCUT2D eigenvalue weighted by Gasteiger charge is -2.14. The minimum atomic E-state index is -0.819. The number of rotatable bonds is 6. The summed E-state index contributed by atoms with van der Waals surface area (Å²) in [4.78, 5) is 41.1. The Labute approximate surface area is 182 Å². The van der Waals surface area contributed by atoms with E-state index < -0.39 is 6.04 Å². The number of hydrogen-bond donors (Lipinski definition) is 3. The lowest BCUT2D eigenvalue weighted by atomic mass is 10.1. The molecule has 158 valence electrons. The number of fused-ring (bicyclic) bond motifs is 1. The third kappa shape index (κ3) is 4.72. The van der Waals surface area contributed by atoms with E-state index in [2.05, 4.69) is 26.1 Å². The number of nitrogens with one attached hydrogen (secondary N) is 3. The maximum Gasteiger partial charge on any atom is 0.254 e. The van der Waals surface area contributed by atoms with E-state index in [-0.39, 0.29) is 43.0 Å². The molecule has 3 amide bonds. The van der Waals surface area contributed by atoms with Crippen LogP contribution in [-0.2, 0) is 16.1 Å². The predicted molar refractivity (Wildman–Crippen MR) is 112 cm³/mol. The van der Waals surface area contributed by atoms with Crippen LogP contribution in [-0.4, -0.2) is 33.9 Å². The highest BCUT2D eigenvalue weighted by molar-refractivity contribution is 6.33. The highest BCUT2D eigenvalue weighted by Gasteiger charge is 2.27. The lowest BCUT2D eigenvalue weighted by molar-refractivity contribution is -0.122. The molecule has 0 saturated carbocycles. The topological polar surface area (TPSA) is 126 Å². The molecule has 4 rings (SSSR count). The third-order valence-electron chi connectivity index (χ3n) is 4.73. The molecule has 3 N–H and O–H groups in total. The first-order valence-electron chi connectivity index (χ1n) is 9.56. The van der Waals surface area contributed by atoms with Crippen LogP contribution in [0.3, 0.4) is 0 Å². The second kappa shape index (κ2) is 8.97. The van der Waals surface area contributed by atoms with E-state index in [9.17, 15) is 14.4 Å². The van der Waals surface area contributed by atoms with Crippen molar-refractivity contribution in [2.24, 2.45) is 0 Å². The van der Waals surface area contributed by atoms with Crippen LogP contribution in [0, 0.1) is 0 Å². The molecule has 31 heavy (non-hydrogen) atoms. The van der Waals surface area contributed by atoms with Crippen LogP contribution in [0.15, 0.2) is 53.1 Å².